The third kappa shape index (κ3) is 6.00. The van der Waals surface area contributed by atoms with E-state index in [1.54, 1.807) is 12.1 Å². The number of nitro benzene ring substituents is 1. The third-order valence-corrected chi connectivity index (χ3v) is 6.76. The Balaban J connectivity index is 1.93. The number of nitro groups is 1. The van der Waals surface area contributed by atoms with Crippen molar-refractivity contribution in [2.45, 2.75) is 24.9 Å². The van der Waals surface area contributed by atoms with Gasteiger partial charge in [-0.05, 0) is 42.3 Å². The number of sulfonamides is 1. The average Bonchev–Trinajstić information content (AvgIpc) is 2.80. The molecule has 0 bridgehead atoms. The first-order valence-electron chi connectivity index (χ1n) is 9.96. The molecule has 2 aromatic rings. The Morgan fingerprint density at radius 3 is 2.48 bits per heavy atom. The molecular weight excluding hydrogens is 462 g/mol. The lowest BCUT2D eigenvalue weighted by molar-refractivity contribution is -0.385. The van der Waals surface area contributed by atoms with E-state index in [2.05, 4.69) is 15.3 Å². The van der Waals surface area contributed by atoms with E-state index in [4.69, 9.17) is 4.74 Å². The summed E-state index contributed by atoms with van der Waals surface area (Å²) < 4.78 is 61.8. The van der Waals surface area contributed by atoms with Crippen LogP contribution < -0.4 is 10.2 Å². The number of nitrogens with zero attached hydrogens (tertiary/aromatic N) is 3. The second kappa shape index (κ2) is 10.6. The van der Waals surface area contributed by atoms with Gasteiger partial charge in [0.1, 0.15) is 10.6 Å². The summed E-state index contributed by atoms with van der Waals surface area (Å²) in [4.78, 5) is 10.3. The van der Waals surface area contributed by atoms with E-state index >= 15 is 0 Å². The van der Waals surface area contributed by atoms with Gasteiger partial charge in [0.2, 0.25) is 10.0 Å². The Bertz CT molecular complexity index is 1120. The molecule has 1 saturated heterocycles. The van der Waals surface area contributed by atoms with Crippen LogP contribution in [0.5, 0.6) is 5.75 Å². The number of hydrogen-bond acceptors (Lipinski definition) is 8. The molecule has 10 nitrogen and oxygen atoms in total. The highest BCUT2D eigenvalue weighted by Gasteiger charge is 2.30. The van der Waals surface area contributed by atoms with Crippen molar-refractivity contribution < 1.29 is 31.6 Å². The summed E-state index contributed by atoms with van der Waals surface area (Å²) in [7, 11) is -4.06. The number of alkyl halides is 2. The van der Waals surface area contributed by atoms with Gasteiger partial charge in [-0.15, -0.1) is 0 Å². The maximum Gasteiger partial charge on any atom is 0.387 e. The Morgan fingerprint density at radius 1 is 1.24 bits per heavy atom. The number of hydrazone groups is 1. The molecule has 0 amide bonds. The molecule has 3 rings (SSSR count). The first kappa shape index (κ1) is 24.5. The van der Waals surface area contributed by atoms with Gasteiger partial charge < -0.3 is 9.47 Å². The summed E-state index contributed by atoms with van der Waals surface area (Å²) in [5, 5.41) is 15.5. The third-order valence-electron chi connectivity index (χ3n) is 4.82. The van der Waals surface area contributed by atoms with Crippen LogP contribution in [0.15, 0.2) is 52.5 Å². The zero-order valence-corrected chi connectivity index (χ0v) is 18.4. The Kier molecular flexibility index (Phi) is 7.89. The van der Waals surface area contributed by atoms with E-state index in [9.17, 15) is 27.3 Å². The van der Waals surface area contributed by atoms with E-state index in [0.29, 0.717) is 17.7 Å². The largest absolute Gasteiger partial charge is 0.435 e. The van der Waals surface area contributed by atoms with E-state index in [1.807, 2.05) is 6.92 Å². The molecule has 1 N–H and O–H groups in total. The summed E-state index contributed by atoms with van der Waals surface area (Å²) in [6.45, 7) is -0.431. The average molecular weight is 484 g/mol. The van der Waals surface area contributed by atoms with E-state index in [1.165, 1.54) is 28.6 Å². The predicted molar refractivity (Wildman–Crippen MR) is 116 cm³/mol. The molecule has 0 radical (unpaired) electrons. The SMILES string of the molecule is CC/C(=N\Nc1ccc([N+](=O)[O-])cc1S(=O)(=O)N1CCOCC1)c1ccc(OC(F)F)cc1. The van der Waals surface area contributed by atoms with Crippen molar-refractivity contribution in [3.05, 3.63) is 58.1 Å². The Labute approximate surface area is 189 Å². The maximum absolute atomic E-state index is 13.2. The highest BCUT2D eigenvalue weighted by atomic mass is 32.2. The molecule has 0 aromatic heterocycles. The quantitative estimate of drug-likeness (QED) is 0.328. The van der Waals surface area contributed by atoms with Crippen molar-refractivity contribution in [3.8, 4) is 5.75 Å². The van der Waals surface area contributed by atoms with Crippen LogP contribution in [0.4, 0.5) is 20.2 Å². The van der Waals surface area contributed by atoms with Gasteiger partial charge in [-0.25, -0.2) is 8.42 Å². The van der Waals surface area contributed by atoms with Crippen LogP contribution in [-0.4, -0.2) is 56.3 Å². The van der Waals surface area contributed by atoms with Crippen molar-refractivity contribution >= 4 is 27.1 Å². The molecule has 0 unspecified atom stereocenters. The monoisotopic (exact) mass is 484 g/mol. The Hall–Kier alpha value is -3.16. The molecule has 33 heavy (non-hydrogen) atoms. The first-order chi connectivity index (χ1) is 15.7. The van der Waals surface area contributed by atoms with Crippen LogP contribution in [0.25, 0.3) is 0 Å². The van der Waals surface area contributed by atoms with Gasteiger partial charge in [0.15, 0.2) is 0 Å². The minimum absolute atomic E-state index is 0.00794. The van der Waals surface area contributed by atoms with Crippen LogP contribution in [0, 0.1) is 10.1 Å². The van der Waals surface area contributed by atoms with Crippen LogP contribution in [0.3, 0.4) is 0 Å². The van der Waals surface area contributed by atoms with Gasteiger partial charge in [0.05, 0.1) is 29.5 Å². The van der Waals surface area contributed by atoms with Gasteiger partial charge in [-0.2, -0.15) is 18.2 Å². The van der Waals surface area contributed by atoms with Gasteiger partial charge >= 0.3 is 6.61 Å². The lowest BCUT2D eigenvalue weighted by atomic mass is 10.1. The van der Waals surface area contributed by atoms with Gasteiger partial charge in [-0.1, -0.05) is 6.92 Å². The smallest absolute Gasteiger partial charge is 0.387 e. The van der Waals surface area contributed by atoms with Crippen molar-refractivity contribution in [1.29, 1.82) is 0 Å². The lowest BCUT2D eigenvalue weighted by Crippen LogP contribution is -2.40. The molecule has 2 aromatic carbocycles. The summed E-state index contributed by atoms with van der Waals surface area (Å²) >= 11 is 0. The first-order valence-corrected chi connectivity index (χ1v) is 11.4. The molecule has 1 aliphatic rings. The fourth-order valence-corrected chi connectivity index (χ4v) is 4.73. The summed E-state index contributed by atoms with van der Waals surface area (Å²) in [6, 6.07) is 9.27. The normalized spacial score (nSPS) is 15.5. The molecule has 1 fully saturated rings. The molecule has 0 atom stereocenters. The van der Waals surface area contributed by atoms with Crippen molar-refractivity contribution in [3.63, 3.8) is 0 Å². The highest BCUT2D eigenvalue weighted by Crippen LogP contribution is 2.30. The number of morpholine rings is 1. The number of rotatable bonds is 9. The summed E-state index contributed by atoms with van der Waals surface area (Å²) in [5.41, 5.74) is 3.50. The van der Waals surface area contributed by atoms with Gasteiger partial charge in [0, 0.05) is 25.2 Å². The Morgan fingerprint density at radius 2 is 1.91 bits per heavy atom. The number of benzene rings is 2. The fourth-order valence-electron chi connectivity index (χ4n) is 3.16. The number of halogens is 2. The molecule has 178 valence electrons. The van der Waals surface area contributed by atoms with Crippen molar-refractivity contribution in [2.24, 2.45) is 5.10 Å². The maximum atomic E-state index is 13.2. The second-order valence-electron chi connectivity index (χ2n) is 6.88. The van der Waals surface area contributed by atoms with Crippen molar-refractivity contribution in [1.82, 2.24) is 4.31 Å². The molecule has 1 aliphatic heterocycles. The minimum atomic E-state index is -4.06. The summed E-state index contributed by atoms with van der Waals surface area (Å²) in [5.74, 6) is -0.00794. The van der Waals surface area contributed by atoms with Gasteiger partial charge in [-0.3, -0.25) is 15.5 Å². The number of hydrogen-bond donors (Lipinski definition) is 1. The number of ether oxygens (including phenoxy) is 2. The highest BCUT2D eigenvalue weighted by molar-refractivity contribution is 7.89. The van der Waals surface area contributed by atoms with E-state index in [0.717, 1.165) is 6.07 Å². The lowest BCUT2D eigenvalue weighted by Gasteiger charge is -2.26. The summed E-state index contributed by atoms with van der Waals surface area (Å²) in [6.07, 6.45) is 0.431. The van der Waals surface area contributed by atoms with Crippen molar-refractivity contribution in [2.75, 3.05) is 31.7 Å². The fraction of sp³-hybridized carbons (Fsp3) is 0.350. The van der Waals surface area contributed by atoms with Gasteiger partial charge in [0.25, 0.3) is 5.69 Å². The molecular formula is C20H22F2N4O6S. The van der Waals surface area contributed by atoms with Crippen LogP contribution >= 0.6 is 0 Å². The molecule has 1 heterocycles. The number of nitrogens with one attached hydrogen (secondary N) is 1. The molecule has 0 spiro atoms. The number of anilines is 1. The zero-order chi connectivity index (χ0) is 24.0. The van der Waals surface area contributed by atoms with Crippen LogP contribution in [-0.2, 0) is 14.8 Å². The molecule has 0 aliphatic carbocycles. The topological polar surface area (TPSA) is 123 Å². The predicted octanol–water partition coefficient (Wildman–Crippen LogP) is 3.44. The second-order valence-corrected chi connectivity index (χ2v) is 8.79. The van der Waals surface area contributed by atoms with Crippen LogP contribution in [0.1, 0.15) is 18.9 Å². The minimum Gasteiger partial charge on any atom is -0.435 e. The molecule has 13 heteroatoms. The standard InChI is InChI=1S/C20H22F2N4O6S/c1-2-17(14-3-6-16(7-4-14)32-20(21)22)23-24-18-8-5-15(26(27)28)13-19(18)33(29,30)25-9-11-31-12-10-25/h3-8,13,20,24H,2,9-12H2,1H3/b23-17+. The van der Waals surface area contributed by atoms with E-state index in [-0.39, 0.29) is 48.3 Å². The molecule has 0 saturated carbocycles. The zero-order valence-electron chi connectivity index (χ0n) is 17.6. The van der Waals surface area contributed by atoms with E-state index < -0.39 is 21.6 Å². The van der Waals surface area contributed by atoms with Crippen LogP contribution in [0.2, 0.25) is 0 Å². The number of non-ortho nitro benzene ring substituents is 1.